The van der Waals surface area contributed by atoms with Crippen molar-refractivity contribution in [3.05, 3.63) is 120 Å². The molecule has 192 valence electrons. The van der Waals surface area contributed by atoms with Crippen molar-refractivity contribution < 1.29 is 14.3 Å². The molecule has 0 radical (unpaired) electrons. The SMILES string of the molecule is C=CCOc1ccc2ccccc2c1/C=c1\sc2n(c1=O)[C@H](c1ccccc1Cl)C(C(=O)OCC)=C(C)N=2. The van der Waals surface area contributed by atoms with Gasteiger partial charge in [0.05, 0.1) is 22.4 Å². The summed E-state index contributed by atoms with van der Waals surface area (Å²) in [5.41, 5.74) is 1.90. The molecule has 0 bridgehead atoms. The lowest BCUT2D eigenvalue weighted by Crippen LogP contribution is -2.40. The minimum absolute atomic E-state index is 0.198. The van der Waals surface area contributed by atoms with Gasteiger partial charge in [0, 0.05) is 10.6 Å². The summed E-state index contributed by atoms with van der Waals surface area (Å²) in [5, 5.41) is 2.41. The van der Waals surface area contributed by atoms with Gasteiger partial charge in [0.1, 0.15) is 18.4 Å². The Kier molecular flexibility index (Phi) is 7.31. The molecule has 1 aliphatic rings. The van der Waals surface area contributed by atoms with E-state index in [1.54, 1.807) is 32.1 Å². The predicted molar refractivity (Wildman–Crippen MR) is 151 cm³/mol. The van der Waals surface area contributed by atoms with E-state index in [1.807, 2.05) is 54.6 Å². The number of ether oxygens (including phenoxy) is 2. The Balaban J connectivity index is 1.78. The molecular formula is C30H25ClN2O4S. The monoisotopic (exact) mass is 544 g/mol. The van der Waals surface area contributed by atoms with Gasteiger partial charge in [-0.15, -0.1) is 0 Å². The molecule has 0 aliphatic carbocycles. The van der Waals surface area contributed by atoms with Crippen molar-refractivity contribution >= 4 is 45.8 Å². The van der Waals surface area contributed by atoms with Gasteiger partial charge in [-0.05, 0) is 48.4 Å². The largest absolute Gasteiger partial charge is 0.489 e. The first kappa shape index (κ1) is 25.7. The molecule has 1 atom stereocenters. The topological polar surface area (TPSA) is 69.9 Å². The summed E-state index contributed by atoms with van der Waals surface area (Å²) in [7, 11) is 0. The van der Waals surface area contributed by atoms with E-state index >= 15 is 0 Å². The van der Waals surface area contributed by atoms with Gasteiger partial charge in [0.2, 0.25) is 0 Å². The number of allylic oxidation sites excluding steroid dienone is 1. The molecule has 1 aromatic heterocycles. The van der Waals surface area contributed by atoms with Crippen molar-refractivity contribution in [2.45, 2.75) is 19.9 Å². The lowest BCUT2D eigenvalue weighted by Gasteiger charge is -2.25. The molecule has 0 N–H and O–H groups in total. The highest BCUT2D eigenvalue weighted by Gasteiger charge is 2.34. The zero-order valence-electron chi connectivity index (χ0n) is 20.9. The normalized spacial score (nSPS) is 15.2. The van der Waals surface area contributed by atoms with Gasteiger partial charge in [0.25, 0.3) is 5.56 Å². The van der Waals surface area contributed by atoms with Crippen LogP contribution >= 0.6 is 22.9 Å². The molecule has 0 spiro atoms. The number of hydrogen-bond acceptors (Lipinski definition) is 6. The molecule has 5 rings (SSSR count). The second-order valence-electron chi connectivity index (χ2n) is 8.62. The number of nitrogens with zero attached hydrogens (tertiary/aromatic N) is 2. The molecule has 0 amide bonds. The zero-order chi connectivity index (χ0) is 26.8. The molecule has 0 unspecified atom stereocenters. The van der Waals surface area contributed by atoms with Crippen LogP contribution in [0.3, 0.4) is 0 Å². The van der Waals surface area contributed by atoms with Crippen LogP contribution in [0.2, 0.25) is 5.02 Å². The van der Waals surface area contributed by atoms with Crippen LogP contribution < -0.4 is 19.6 Å². The van der Waals surface area contributed by atoms with Crippen LogP contribution in [0.1, 0.15) is 31.0 Å². The third-order valence-electron chi connectivity index (χ3n) is 6.28. The van der Waals surface area contributed by atoms with Crippen LogP contribution in [0, 0.1) is 0 Å². The lowest BCUT2D eigenvalue weighted by atomic mass is 9.96. The Morgan fingerprint density at radius 3 is 2.68 bits per heavy atom. The second-order valence-corrected chi connectivity index (χ2v) is 10.0. The number of benzene rings is 3. The highest BCUT2D eigenvalue weighted by atomic mass is 35.5. The summed E-state index contributed by atoms with van der Waals surface area (Å²) in [6.45, 7) is 7.76. The first-order valence-corrected chi connectivity index (χ1v) is 13.3. The van der Waals surface area contributed by atoms with Crippen molar-refractivity contribution in [3.63, 3.8) is 0 Å². The molecular weight excluding hydrogens is 520 g/mol. The highest BCUT2D eigenvalue weighted by Crippen LogP contribution is 2.34. The number of fused-ring (bicyclic) bond motifs is 2. The van der Waals surface area contributed by atoms with Gasteiger partial charge in [-0.3, -0.25) is 9.36 Å². The third kappa shape index (κ3) is 4.59. The Labute approximate surface area is 228 Å². The van der Waals surface area contributed by atoms with Gasteiger partial charge < -0.3 is 9.47 Å². The summed E-state index contributed by atoms with van der Waals surface area (Å²) in [6, 6.07) is 18.2. The molecule has 38 heavy (non-hydrogen) atoms. The molecule has 0 saturated heterocycles. The van der Waals surface area contributed by atoms with E-state index in [1.165, 1.54) is 15.9 Å². The molecule has 0 fully saturated rings. The Morgan fingerprint density at radius 1 is 1.16 bits per heavy atom. The number of rotatable bonds is 7. The molecule has 2 heterocycles. The van der Waals surface area contributed by atoms with Crippen molar-refractivity contribution in [1.29, 1.82) is 0 Å². The van der Waals surface area contributed by atoms with Crippen molar-refractivity contribution in [1.82, 2.24) is 4.57 Å². The summed E-state index contributed by atoms with van der Waals surface area (Å²) in [6.07, 6.45) is 3.51. The summed E-state index contributed by atoms with van der Waals surface area (Å²) < 4.78 is 13.3. The quantitative estimate of drug-likeness (QED) is 0.238. The number of thiazole rings is 1. The molecule has 3 aromatic carbocycles. The number of hydrogen-bond donors (Lipinski definition) is 0. The van der Waals surface area contributed by atoms with Crippen LogP contribution in [-0.2, 0) is 9.53 Å². The maximum absolute atomic E-state index is 14.0. The summed E-state index contributed by atoms with van der Waals surface area (Å²) in [4.78, 5) is 32.2. The number of carbonyl (C=O) groups is 1. The van der Waals surface area contributed by atoms with Gasteiger partial charge in [-0.2, -0.15) is 0 Å². The van der Waals surface area contributed by atoms with Crippen LogP contribution in [0.25, 0.3) is 16.8 Å². The fourth-order valence-corrected chi connectivity index (χ4v) is 5.88. The number of halogens is 1. The summed E-state index contributed by atoms with van der Waals surface area (Å²) >= 11 is 7.85. The fraction of sp³-hybridized carbons (Fsp3) is 0.167. The maximum atomic E-state index is 14.0. The molecule has 1 aliphatic heterocycles. The van der Waals surface area contributed by atoms with Crippen molar-refractivity contribution in [2.75, 3.05) is 13.2 Å². The van der Waals surface area contributed by atoms with Crippen LogP contribution in [0.5, 0.6) is 5.75 Å². The van der Waals surface area contributed by atoms with Crippen LogP contribution in [-0.4, -0.2) is 23.8 Å². The fourth-order valence-electron chi connectivity index (χ4n) is 4.61. The second kappa shape index (κ2) is 10.8. The van der Waals surface area contributed by atoms with Crippen LogP contribution in [0.4, 0.5) is 0 Å². The van der Waals surface area contributed by atoms with Gasteiger partial charge in [-0.25, -0.2) is 9.79 Å². The van der Waals surface area contributed by atoms with Gasteiger partial charge >= 0.3 is 5.97 Å². The van der Waals surface area contributed by atoms with E-state index < -0.39 is 12.0 Å². The van der Waals surface area contributed by atoms with E-state index in [0.29, 0.717) is 43.5 Å². The molecule has 6 nitrogen and oxygen atoms in total. The van der Waals surface area contributed by atoms with Gasteiger partial charge in [-0.1, -0.05) is 84.1 Å². The van der Waals surface area contributed by atoms with Crippen molar-refractivity contribution in [3.8, 4) is 5.75 Å². The number of carbonyl (C=O) groups excluding carboxylic acids is 1. The zero-order valence-corrected chi connectivity index (χ0v) is 22.5. The number of aromatic nitrogens is 1. The predicted octanol–water partition coefficient (Wildman–Crippen LogP) is 5.17. The minimum Gasteiger partial charge on any atom is -0.489 e. The van der Waals surface area contributed by atoms with Gasteiger partial charge in [0.15, 0.2) is 4.80 Å². The maximum Gasteiger partial charge on any atom is 0.338 e. The Hall–Kier alpha value is -3.94. The average molecular weight is 545 g/mol. The third-order valence-corrected chi connectivity index (χ3v) is 7.61. The first-order valence-electron chi connectivity index (χ1n) is 12.1. The lowest BCUT2D eigenvalue weighted by molar-refractivity contribution is -0.139. The van der Waals surface area contributed by atoms with E-state index in [2.05, 4.69) is 11.6 Å². The summed E-state index contributed by atoms with van der Waals surface area (Å²) in [5.74, 6) is 0.114. The minimum atomic E-state index is -0.773. The Morgan fingerprint density at radius 2 is 1.92 bits per heavy atom. The van der Waals surface area contributed by atoms with Crippen LogP contribution in [0.15, 0.2) is 94.4 Å². The van der Waals surface area contributed by atoms with E-state index in [4.69, 9.17) is 21.1 Å². The van der Waals surface area contributed by atoms with E-state index in [9.17, 15) is 9.59 Å². The van der Waals surface area contributed by atoms with Crippen molar-refractivity contribution in [2.24, 2.45) is 4.99 Å². The standard InChI is InChI=1S/C30H25ClN2O4S/c1-4-16-37-24-15-14-19-10-6-7-11-20(19)22(24)17-25-28(34)33-27(21-12-8-9-13-23(21)31)26(29(35)36-5-2)18(3)32-30(33)38-25/h4,6-15,17,27H,1,5,16H2,2-3H3/b25-17-/t27-/m1/s1. The first-order chi connectivity index (χ1) is 18.4. The number of esters is 1. The Bertz CT molecular complexity index is 1780. The average Bonchev–Trinajstić information content (AvgIpc) is 3.22. The molecule has 0 saturated carbocycles. The molecule has 8 heteroatoms. The highest BCUT2D eigenvalue weighted by molar-refractivity contribution is 7.07. The van der Waals surface area contributed by atoms with E-state index in [-0.39, 0.29) is 12.2 Å². The smallest absolute Gasteiger partial charge is 0.338 e. The molecule has 4 aromatic rings. The van der Waals surface area contributed by atoms with E-state index in [0.717, 1.165) is 16.3 Å².